The fraction of sp³-hybridized carbons (Fsp3) is 0.933. The van der Waals surface area contributed by atoms with Gasteiger partial charge in [-0.25, -0.2) is 0 Å². The van der Waals surface area contributed by atoms with Gasteiger partial charge in [0.05, 0.1) is 6.10 Å². The van der Waals surface area contributed by atoms with Crippen LogP contribution in [0.3, 0.4) is 0 Å². The van der Waals surface area contributed by atoms with Gasteiger partial charge in [-0.1, -0.05) is 20.8 Å². The van der Waals surface area contributed by atoms with Gasteiger partial charge >= 0.3 is 0 Å². The predicted molar refractivity (Wildman–Crippen MR) is 78.2 cm³/mol. The van der Waals surface area contributed by atoms with E-state index in [0.29, 0.717) is 12.0 Å². The second kappa shape index (κ2) is 7.85. The molecule has 19 heavy (non-hydrogen) atoms. The van der Waals surface area contributed by atoms with Gasteiger partial charge in [0.2, 0.25) is 5.91 Å². The van der Waals surface area contributed by atoms with Crippen LogP contribution in [0, 0.1) is 5.92 Å². The summed E-state index contributed by atoms with van der Waals surface area (Å²) in [4.78, 5) is 16.5. The lowest BCUT2D eigenvalue weighted by molar-refractivity contribution is -0.140. The topological polar surface area (TPSA) is 32.8 Å². The van der Waals surface area contributed by atoms with Crippen molar-refractivity contribution in [3.63, 3.8) is 0 Å². The third-order valence-electron chi connectivity index (χ3n) is 4.35. The molecule has 0 saturated carbocycles. The van der Waals surface area contributed by atoms with E-state index < -0.39 is 0 Å². The van der Waals surface area contributed by atoms with Crippen LogP contribution in [0.15, 0.2) is 0 Å². The van der Waals surface area contributed by atoms with Crippen molar-refractivity contribution in [2.24, 2.45) is 5.92 Å². The molecule has 0 bridgehead atoms. The number of carbonyl (C=O) groups excluding carboxylic acids is 1. The van der Waals surface area contributed by atoms with E-state index in [9.17, 15) is 4.79 Å². The lowest BCUT2D eigenvalue weighted by Gasteiger charge is -2.41. The minimum atomic E-state index is 0.113. The van der Waals surface area contributed by atoms with E-state index in [4.69, 9.17) is 4.74 Å². The van der Waals surface area contributed by atoms with E-state index in [0.717, 1.165) is 32.5 Å². The van der Waals surface area contributed by atoms with Crippen molar-refractivity contribution in [2.45, 2.75) is 52.7 Å². The van der Waals surface area contributed by atoms with Crippen LogP contribution >= 0.6 is 0 Å². The van der Waals surface area contributed by atoms with Crippen molar-refractivity contribution in [2.75, 3.05) is 33.3 Å². The van der Waals surface area contributed by atoms with Crippen LogP contribution in [-0.2, 0) is 9.53 Å². The maximum absolute atomic E-state index is 12.1. The van der Waals surface area contributed by atoms with Gasteiger partial charge in [0.1, 0.15) is 6.61 Å². The largest absolute Gasteiger partial charge is 0.369 e. The molecule has 1 heterocycles. The van der Waals surface area contributed by atoms with Gasteiger partial charge in [-0.05, 0) is 32.2 Å². The van der Waals surface area contributed by atoms with Crippen LogP contribution in [0.2, 0.25) is 0 Å². The van der Waals surface area contributed by atoms with Gasteiger partial charge in [0.15, 0.2) is 0 Å². The lowest BCUT2D eigenvalue weighted by Crippen LogP contribution is -2.51. The number of likely N-dealkylation sites (N-methyl/N-ethyl adjacent to an activating group) is 1. The second-order valence-electron chi connectivity index (χ2n) is 5.76. The van der Waals surface area contributed by atoms with Crippen molar-refractivity contribution >= 4 is 5.91 Å². The molecular weight excluding hydrogens is 240 g/mol. The van der Waals surface area contributed by atoms with Crippen LogP contribution in [0.25, 0.3) is 0 Å². The van der Waals surface area contributed by atoms with Gasteiger partial charge in [-0.3, -0.25) is 4.79 Å². The molecule has 3 unspecified atom stereocenters. The van der Waals surface area contributed by atoms with Crippen LogP contribution in [0.1, 0.15) is 40.5 Å². The summed E-state index contributed by atoms with van der Waals surface area (Å²) in [6.45, 7) is 12.0. The second-order valence-corrected chi connectivity index (χ2v) is 5.76. The van der Waals surface area contributed by atoms with Crippen LogP contribution < -0.4 is 0 Å². The number of ether oxygens (including phenoxy) is 1. The highest BCUT2D eigenvalue weighted by atomic mass is 16.5. The SMILES string of the molecule is CCC(C)OCC(=O)N(C)C1CCN(CC)CC1C. The molecule has 3 atom stereocenters. The minimum absolute atomic E-state index is 0.113. The number of hydrogen-bond donors (Lipinski definition) is 0. The molecule has 0 aromatic rings. The van der Waals surface area contributed by atoms with Crippen molar-refractivity contribution in [3.8, 4) is 0 Å². The van der Waals surface area contributed by atoms with E-state index >= 15 is 0 Å². The number of likely N-dealkylation sites (tertiary alicyclic amines) is 1. The molecule has 1 aliphatic rings. The zero-order valence-corrected chi connectivity index (χ0v) is 13.2. The standard InChI is InChI=1S/C15H30N2O2/c1-6-13(4)19-11-15(18)16(5)14-8-9-17(7-2)10-12(14)3/h12-14H,6-11H2,1-5H3. The van der Waals surface area contributed by atoms with E-state index in [-0.39, 0.29) is 18.6 Å². The molecule has 0 spiro atoms. The summed E-state index contributed by atoms with van der Waals surface area (Å²) in [5.74, 6) is 0.647. The smallest absolute Gasteiger partial charge is 0.248 e. The van der Waals surface area contributed by atoms with Crippen LogP contribution in [-0.4, -0.2) is 61.1 Å². The molecule has 0 aliphatic carbocycles. The number of nitrogens with zero attached hydrogens (tertiary/aromatic N) is 2. The number of carbonyl (C=O) groups is 1. The first-order chi connectivity index (χ1) is 8.99. The maximum Gasteiger partial charge on any atom is 0.248 e. The summed E-state index contributed by atoms with van der Waals surface area (Å²) in [5.41, 5.74) is 0. The fourth-order valence-electron chi connectivity index (χ4n) is 2.70. The Labute approximate surface area is 118 Å². The maximum atomic E-state index is 12.1. The summed E-state index contributed by atoms with van der Waals surface area (Å²) in [6.07, 6.45) is 2.18. The predicted octanol–water partition coefficient (Wildman–Crippen LogP) is 1.99. The Kier molecular flexibility index (Phi) is 6.80. The van der Waals surface area contributed by atoms with Crippen LogP contribution in [0.4, 0.5) is 0 Å². The van der Waals surface area contributed by atoms with Crippen molar-refractivity contribution in [3.05, 3.63) is 0 Å². The number of amides is 1. The highest BCUT2D eigenvalue weighted by molar-refractivity contribution is 5.77. The van der Waals surface area contributed by atoms with Crippen LogP contribution in [0.5, 0.6) is 0 Å². The molecule has 0 aromatic carbocycles. The summed E-state index contributed by atoms with van der Waals surface area (Å²) in [6, 6.07) is 0.357. The van der Waals surface area contributed by atoms with Crippen molar-refractivity contribution < 1.29 is 9.53 Å². The van der Waals surface area contributed by atoms with Gasteiger partial charge in [-0.2, -0.15) is 0 Å². The third kappa shape index (κ3) is 4.77. The molecular formula is C15H30N2O2. The summed E-state index contributed by atoms with van der Waals surface area (Å²) < 4.78 is 5.54. The summed E-state index contributed by atoms with van der Waals surface area (Å²) >= 11 is 0. The Morgan fingerprint density at radius 1 is 1.47 bits per heavy atom. The molecule has 4 heteroatoms. The Bertz CT molecular complexity index is 283. The number of piperidine rings is 1. The van der Waals surface area contributed by atoms with Crippen molar-refractivity contribution in [1.82, 2.24) is 9.80 Å². The Morgan fingerprint density at radius 3 is 2.68 bits per heavy atom. The van der Waals surface area contributed by atoms with E-state index in [2.05, 4.69) is 25.7 Å². The highest BCUT2D eigenvalue weighted by Gasteiger charge is 2.30. The van der Waals surface area contributed by atoms with Crippen molar-refractivity contribution in [1.29, 1.82) is 0 Å². The molecule has 0 radical (unpaired) electrons. The molecule has 112 valence electrons. The third-order valence-corrected chi connectivity index (χ3v) is 4.35. The van der Waals surface area contributed by atoms with E-state index in [1.807, 2.05) is 18.9 Å². The summed E-state index contributed by atoms with van der Waals surface area (Å²) in [7, 11) is 1.92. The Hall–Kier alpha value is -0.610. The van der Waals surface area contributed by atoms with Gasteiger partial charge in [0, 0.05) is 26.2 Å². The number of rotatable bonds is 6. The van der Waals surface area contributed by atoms with E-state index in [1.165, 1.54) is 0 Å². The minimum Gasteiger partial charge on any atom is -0.369 e. The Balaban J connectivity index is 2.43. The quantitative estimate of drug-likeness (QED) is 0.740. The zero-order valence-electron chi connectivity index (χ0n) is 13.2. The lowest BCUT2D eigenvalue weighted by atomic mass is 9.92. The molecule has 0 N–H and O–H groups in total. The molecule has 1 saturated heterocycles. The first-order valence-corrected chi connectivity index (χ1v) is 7.59. The monoisotopic (exact) mass is 270 g/mol. The first kappa shape index (κ1) is 16.4. The molecule has 1 aliphatic heterocycles. The number of hydrogen-bond acceptors (Lipinski definition) is 3. The fourth-order valence-corrected chi connectivity index (χ4v) is 2.70. The highest BCUT2D eigenvalue weighted by Crippen LogP contribution is 2.21. The zero-order chi connectivity index (χ0) is 14.4. The average molecular weight is 270 g/mol. The molecule has 0 aromatic heterocycles. The van der Waals surface area contributed by atoms with E-state index in [1.54, 1.807) is 0 Å². The molecule has 1 fully saturated rings. The van der Waals surface area contributed by atoms with Gasteiger partial charge in [0.25, 0.3) is 0 Å². The molecule has 1 rings (SSSR count). The van der Waals surface area contributed by atoms with Gasteiger partial charge in [-0.15, -0.1) is 0 Å². The Morgan fingerprint density at radius 2 is 2.16 bits per heavy atom. The first-order valence-electron chi connectivity index (χ1n) is 7.59. The summed E-state index contributed by atoms with van der Waals surface area (Å²) in [5, 5.41) is 0. The molecule has 1 amide bonds. The molecule has 4 nitrogen and oxygen atoms in total. The average Bonchev–Trinajstić information content (AvgIpc) is 2.43. The normalized spacial score (nSPS) is 26.2. The van der Waals surface area contributed by atoms with Gasteiger partial charge < -0.3 is 14.5 Å².